The van der Waals surface area contributed by atoms with E-state index in [1.807, 2.05) is 18.2 Å². The van der Waals surface area contributed by atoms with Gasteiger partial charge in [0.1, 0.15) is 5.75 Å². The highest BCUT2D eigenvalue weighted by atomic mass is 19.4. The second kappa shape index (κ2) is 8.05. The first-order valence-electron chi connectivity index (χ1n) is 10.0. The summed E-state index contributed by atoms with van der Waals surface area (Å²) in [5.41, 5.74) is 2.01. The zero-order valence-electron chi connectivity index (χ0n) is 16.6. The highest BCUT2D eigenvalue weighted by Gasteiger charge is 2.32. The number of alkyl halides is 3. The van der Waals surface area contributed by atoms with Gasteiger partial charge >= 0.3 is 6.18 Å². The number of amides is 1. The molecule has 3 aromatic rings. The average Bonchev–Trinajstić information content (AvgIpc) is 3.07. The third-order valence-corrected chi connectivity index (χ3v) is 5.59. The van der Waals surface area contributed by atoms with Crippen LogP contribution in [0.25, 0.3) is 10.9 Å². The normalized spacial score (nSPS) is 18.8. The number of H-pyrrole nitrogens is 1. The van der Waals surface area contributed by atoms with Crippen LogP contribution in [0.4, 0.5) is 18.9 Å². The van der Waals surface area contributed by atoms with E-state index >= 15 is 0 Å². The third-order valence-electron chi connectivity index (χ3n) is 5.59. The lowest BCUT2D eigenvalue weighted by atomic mass is 9.75. The van der Waals surface area contributed by atoms with Crippen molar-refractivity contribution in [1.29, 1.82) is 0 Å². The van der Waals surface area contributed by atoms with Gasteiger partial charge in [-0.2, -0.15) is 13.2 Å². The van der Waals surface area contributed by atoms with Crippen LogP contribution in [0.5, 0.6) is 5.75 Å². The van der Waals surface area contributed by atoms with Crippen molar-refractivity contribution in [2.24, 2.45) is 11.8 Å². The minimum atomic E-state index is -4.35. The number of aromatic amines is 1. The van der Waals surface area contributed by atoms with Crippen LogP contribution in [0.1, 0.15) is 30.9 Å². The number of carbonyl (C=O) groups is 1. The molecule has 158 valence electrons. The highest BCUT2D eigenvalue weighted by Crippen LogP contribution is 2.35. The largest absolute Gasteiger partial charge is 0.493 e. The third kappa shape index (κ3) is 4.45. The van der Waals surface area contributed by atoms with E-state index in [-0.39, 0.29) is 11.8 Å². The molecule has 1 aromatic heterocycles. The Kier molecular flexibility index (Phi) is 5.45. The van der Waals surface area contributed by atoms with Crippen molar-refractivity contribution in [1.82, 2.24) is 4.98 Å². The number of aromatic nitrogens is 1. The predicted octanol–water partition coefficient (Wildman–Crippen LogP) is 5.79. The molecule has 0 radical (unpaired) electrons. The van der Waals surface area contributed by atoms with Gasteiger partial charge in [0, 0.05) is 29.4 Å². The number of hydrogen-bond acceptors (Lipinski definition) is 2. The van der Waals surface area contributed by atoms with E-state index in [1.54, 1.807) is 6.20 Å². The van der Waals surface area contributed by atoms with Crippen LogP contribution in [0, 0.1) is 11.8 Å². The highest BCUT2D eigenvalue weighted by molar-refractivity contribution is 6.02. The molecule has 2 N–H and O–H groups in total. The molecule has 1 fully saturated rings. The van der Waals surface area contributed by atoms with Crippen LogP contribution in [-0.4, -0.2) is 17.5 Å². The van der Waals surface area contributed by atoms with Crippen LogP contribution in [0.15, 0.2) is 48.7 Å². The minimum absolute atomic E-state index is 0.0602. The number of nitrogens with one attached hydrogen (secondary N) is 2. The summed E-state index contributed by atoms with van der Waals surface area (Å²) >= 11 is 0. The Hall–Kier alpha value is -2.96. The van der Waals surface area contributed by atoms with Crippen molar-refractivity contribution >= 4 is 22.5 Å². The predicted molar refractivity (Wildman–Crippen MR) is 109 cm³/mol. The van der Waals surface area contributed by atoms with Crippen molar-refractivity contribution in [3.63, 3.8) is 0 Å². The number of hydrogen-bond donors (Lipinski definition) is 2. The summed E-state index contributed by atoms with van der Waals surface area (Å²) in [5.74, 6) is 1.16. The first-order chi connectivity index (χ1) is 14.3. The molecule has 1 aliphatic rings. The maximum atomic E-state index is 12.6. The van der Waals surface area contributed by atoms with Crippen molar-refractivity contribution in [3.8, 4) is 5.75 Å². The summed E-state index contributed by atoms with van der Waals surface area (Å²) in [5, 5.41) is 3.95. The van der Waals surface area contributed by atoms with Gasteiger partial charge in [0.05, 0.1) is 17.9 Å². The Bertz CT molecular complexity index is 1030. The average molecular weight is 416 g/mol. The molecule has 0 atom stereocenters. The lowest BCUT2D eigenvalue weighted by Gasteiger charge is -2.31. The number of rotatable bonds is 6. The first kappa shape index (κ1) is 20.3. The summed E-state index contributed by atoms with van der Waals surface area (Å²) < 4.78 is 43.4. The van der Waals surface area contributed by atoms with E-state index in [1.165, 1.54) is 12.1 Å². The lowest BCUT2D eigenvalue weighted by molar-refractivity contribution is -0.137. The van der Waals surface area contributed by atoms with E-state index in [4.69, 9.17) is 4.74 Å². The van der Waals surface area contributed by atoms with Crippen molar-refractivity contribution in [2.75, 3.05) is 11.9 Å². The maximum absolute atomic E-state index is 12.6. The molecule has 2 aromatic carbocycles. The molecule has 30 heavy (non-hydrogen) atoms. The molecule has 0 spiro atoms. The van der Waals surface area contributed by atoms with Gasteiger partial charge in [-0.15, -0.1) is 0 Å². The first-order valence-corrected chi connectivity index (χ1v) is 10.0. The van der Waals surface area contributed by atoms with Gasteiger partial charge in [-0.25, -0.2) is 0 Å². The van der Waals surface area contributed by atoms with Crippen LogP contribution < -0.4 is 10.1 Å². The van der Waals surface area contributed by atoms with Crippen LogP contribution in [0.2, 0.25) is 0 Å². The summed E-state index contributed by atoms with van der Waals surface area (Å²) in [4.78, 5) is 15.5. The Balaban J connectivity index is 1.37. The number of ether oxygens (including phenoxy) is 1. The molecule has 0 aliphatic heterocycles. The molecule has 0 unspecified atom stereocenters. The van der Waals surface area contributed by atoms with E-state index in [0.29, 0.717) is 24.7 Å². The standard InChI is InChI=1S/C23H23F3N2O2/c1-14-10-16(11-14)22(29)28-21-13-27-20-7-2-15(12-19(20)21)8-9-30-18-5-3-17(4-6-18)23(24,25)26/h2-7,12-14,16,27H,8-11H2,1H3,(H,28,29)/t14-,16-. The summed E-state index contributed by atoms with van der Waals surface area (Å²) in [6, 6.07) is 10.6. The number of fused-ring (bicyclic) bond motifs is 1. The Morgan fingerprint density at radius 2 is 1.90 bits per heavy atom. The zero-order chi connectivity index (χ0) is 21.3. The molecule has 0 saturated heterocycles. The molecule has 4 nitrogen and oxygen atoms in total. The van der Waals surface area contributed by atoms with Gasteiger partial charge in [0.25, 0.3) is 0 Å². The van der Waals surface area contributed by atoms with Gasteiger partial charge in [-0.05, 0) is 60.7 Å². The van der Waals surface area contributed by atoms with Gasteiger partial charge in [0.2, 0.25) is 5.91 Å². The number of carbonyl (C=O) groups excluding carboxylic acids is 1. The molecular weight excluding hydrogens is 393 g/mol. The Morgan fingerprint density at radius 1 is 1.17 bits per heavy atom. The molecule has 1 saturated carbocycles. The number of benzene rings is 2. The molecule has 7 heteroatoms. The second-order valence-corrected chi connectivity index (χ2v) is 7.97. The van der Waals surface area contributed by atoms with Crippen LogP contribution in [0.3, 0.4) is 0 Å². The molecule has 1 aliphatic carbocycles. The fourth-order valence-corrected chi connectivity index (χ4v) is 3.80. The summed E-state index contributed by atoms with van der Waals surface area (Å²) in [7, 11) is 0. The van der Waals surface area contributed by atoms with Gasteiger partial charge < -0.3 is 15.0 Å². The van der Waals surface area contributed by atoms with E-state index < -0.39 is 11.7 Å². The topological polar surface area (TPSA) is 54.1 Å². The molecular formula is C23H23F3N2O2. The molecule has 1 heterocycles. The van der Waals surface area contributed by atoms with E-state index in [2.05, 4.69) is 17.2 Å². The SMILES string of the molecule is C[C@H]1C[C@H](C(=O)Nc2c[nH]c3ccc(CCOc4ccc(C(F)(F)F)cc4)cc23)C1. The monoisotopic (exact) mass is 416 g/mol. The number of halogens is 3. The van der Waals surface area contributed by atoms with Crippen LogP contribution >= 0.6 is 0 Å². The smallest absolute Gasteiger partial charge is 0.416 e. The summed E-state index contributed by atoms with van der Waals surface area (Å²) in [6.07, 6.45) is -0.0984. The van der Waals surface area contributed by atoms with E-state index in [0.717, 1.165) is 47.1 Å². The summed E-state index contributed by atoms with van der Waals surface area (Å²) in [6.45, 7) is 2.48. The van der Waals surface area contributed by atoms with Gasteiger partial charge in [-0.1, -0.05) is 13.0 Å². The quantitative estimate of drug-likeness (QED) is 0.534. The Labute approximate surface area is 172 Å². The minimum Gasteiger partial charge on any atom is -0.493 e. The van der Waals surface area contributed by atoms with Gasteiger partial charge in [-0.3, -0.25) is 4.79 Å². The number of anilines is 1. The van der Waals surface area contributed by atoms with Crippen LogP contribution in [-0.2, 0) is 17.4 Å². The zero-order valence-corrected chi connectivity index (χ0v) is 16.6. The van der Waals surface area contributed by atoms with Crippen molar-refractivity contribution in [3.05, 3.63) is 59.8 Å². The fraction of sp³-hybridized carbons (Fsp3) is 0.348. The molecule has 0 bridgehead atoms. The van der Waals surface area contributed by atoms with E-state index in [9.17, 15) is 18.0 Å². The second-order valence-electron chi connectivity index (χ2n) is 7.97. The maximum Gasteiger partial charge on any atom is 0.416 e. The van der Waals surface area contributed by atoms with Gasteiger partial charge in [0.15, 0.2) is 0 Å². The fourth-order valence-electron chi connectivity index (χ4n) is 3.80. The molecule has 1 amide bonds. The Morgan fingerprint density at radius 3 is 2.57 bits per heavy atom. The molecule has 4 rings (SSSR count). The lowest BCUT2D eigenvalue weighted by Crippen LogP contribution is -2.33. The van der Waals surface area contributed by atoms with Crippen molar-refractivity contribution in [2.45, 2.75) is 32.4 Å². The van der Waals surface area contributed by atoms with Crippen molar-refractivity contribution < 1.29 is 22.7 Å².